The predicted molar refractivity (Wildman–Crippen MR) is 117 cm³/mol. The lowest BCUT2D eigenvalue weighted by Crippen LogP contribution is -2.42. The van der Waals surface area contributed by atoms with Gasteiger partial charge < -0.3 is 19.5 Å². The predicted octanol–water partition coefficient (Wildman–Crippen LogP) is 5.12. The summed E-state index contributed by atoms with van der Waals surface area (Å²) in [5.74, 6) is -3.15. The smallest absolute Gasteiger partial charge is 0.350 e. The second-order valence-corrected chi connectivity index (χ2v) is 8.07. The van der Waals surface area contributed by atoms with Crippen LogP contribution in [-0.4, -0.2) is 30.3 Å². The molecule has 7 heteroatoms. The third-order valence-corrected chi connectivity index (χ3v) is 4.85. The number of anilines is 1. The molecular weight excluding hydrogens is 398 g/mol. The molecule has 1 fully saturated rings. The van der Waals surface area contributed by atoms with Gasteiger partial charge in [0.2, 0.25) is 0 Å². The van der Waals surface area contributed by atoms with Crippen molar-refractivity contribution in [3.8, 4) is 0 Å². The third-order valence-electron chi connectivity index (χ3n) is 4.85. The molecule has 7 nitrogen and oxygen atoms in total. The number of rotatable bonds is 12. The average Bonchev–Trinajstić information content (AvgIpc) is 2.71. The second kappa shape index (κ2) is 12.1. The molecule has 0 saturated carbocycles. The van der Waals surface area contributed by atoms with Crippen molar-refractivity contribution in [1.82, 2.24) is 0 Å². The van der Waals surface area contributed by atoms with Crippen LogP contribution in [0.15, 0.2) is 36.0 Å². The second-order valence-electron chi connectivity index (χ2n) is 8.07. The lowest BCUT2D eigenvalue weighted by atomic mass is 10.1. The molecular formula is C24H33NO6. The summed E-state index contributed by atoms with van der Waals surface area (Å²) in [5, 5.41) is 2.84. The first kappa shape index (κ1) is 24.4. The fourth-order valence-electron chi connectivity index (χ4n) is 3.12. The zero-order chi connectivity index (χ0) is 22.7. The van der Waals surface area contributed by atoms with Gasteiger partial charge in [0.15, 0.2) is 5.57 Å². The molecule has 1 aromatic carbocycles. The molecule has 1 aliphatic rings. The van der Waals surface area contributed by atoms with E-state index in [1.807, 2.05) is 0 Å². The molecule has 1 saturated heterocycles. The SMILES string of the molecule is CCCCCCCCCCOC(=O)c1ccc(NC=C2C(=O)OC(C)(C)OC2=O)cc1. The molecule has 2 rings (SSSR count). The van der Waals surface area contributed by atoms with E-state index in [1.165, 1.54) is 58.6 Å². The summed E-state index contributed by atoms with van der Waals surface area (Å²) in [6, 6.07) is 6.57. The van der Waals surface area contributed by atoms with E-state index in [0.717, 1.165) is 12.8 Å². The van der Waals surface area contributed by atoms with Crippen LogP contribution in [-0.2, 0) is 23.8 Å². The van der Waals surface area contributed by atoms with E-state index >= 15 is 0 Å². The Labute approximate surface area is 184 Å². The van der Waals surface area contributed by atoms with Gasteiger partial charge in [-0.05, 0) is 30.7 Å². The summed E-state index contributed by atoms with van der Waals surface area (Å²) >= 11 is 0. The van der Waals surface area contributed by atoms with Gasteiger partial charge in [-0.25, -0.2) is 14.4 Å². The molecule has 0 aromatic heterocycles. The number of unbranched alkanes of at least 4 members (excludes halogenated alkanes) is 7. The standard InChI is InChI=1S/C24H33NO6/c1-4-5-6-7-8-9-10-11-16-29-21(26)18-12-14-19(15-13-18)25-17-20-22(27)30-24(2,3)31-23(20)28/h12-15,17,25H,4-11,16H2,1-3H3. The molecule has 1 N–H and O–H groups in total. The minimum absolute atomic E-state index is 0.229. The number of benzene rings is 1. The molecule has 1 aliphatic heterocycles. The Morgan fingerprint density at radius 1 is 0.935 bits per heavy atom. The Balaban J connectivity index is 1.72. The van der Waals surface area contributed by atoms with Crippen molar-refractivity contribution in [2.75, 3.05) is 11.9 Å². The van der Waals surface area contributed by atoms with Crippen molar-refractivity contribution in [2.45, 2.75) is 77.9 Å². The van der Waals surface area contributed by atoms with E-state index in [2.05, 4.69) is 12.2 Å². The lowest BCUT2D eigenvalue weighted by molar-refractivity contribution is -0.222. The summed E-state index contributed by atoms with van der Waals surface area (Å²) in [7, 11) is 0. The molecule has 1 aromatic rings. The number of carbonyl (C=O) groups is 3. The number of hydrogen-bond acceptors (Lipinski definition) is 7. The summed E-state index contributed by atoms with van der Waals surface area (Å²) in [4.78, 5) is 36.0. The number of carbonyl (C=O) groups excluding carboxylic acids is 3. The Morgan fingerprint density at radius 2 is 1.48 bits per heavy atom. The Morgan fingerprint density at radius 3 is 2.06 bits per heavy atom. The van der Waals surface area contributed by atoms with Crippen molar-refractivity contribution in [1.29, 1.82) is 0 Å². The van der Waals surface area contributed by atoms with Crippen LogP contribution >= 0.6 is 0 Å². The van der Waals surface area contributed by atoms with Gasteiger partial charge in [-0.15, -0.1) is 0 Å². The van der Waals surface area contributed by atoms with E-state index in [0.29, 0.717) is 17.9 Å². The van der Waals surface area contributed by atoms with Crippen LogP contribution in [0.1, 0.15) is 82.5 Å². The maximum Gasteiger partial charge on any atom is 0.350 e. The fourth-order valence-corrected chi connectivity index (χ4v) is 3.12. The highest BCUT2D eigenvalue weighted by Crippen LogP contribution is 2.22. The molecule has 0 atom stereocenters. The third kappa shape index (κ3) is 8.44. The van der Waals surface area contributed by atoms with Crippen LogP contribution in [0.3, 0.4) is 0 Å². The van der Waals surface area contributed by atoms with Crippen molar-refractivity contribution < 1.29 is 28.6 Å². The van der Waals surface area contributed by atoms with Crippen LogP contribution in [0.5, 0.6) is 0 Å². The molecule has 0 unspecified atom stereocenters. The Kier molecular flexibility index (Phi) is 9.56. The minimum Gasteiger partial charge on any atom is -0.462 e. The van der Waals surface area contributed by atoms with Crippen molar-refractivity contribution >= 4 is 23.6 Å². The van der Waals surface area contributed by atoms with Crippen molar-refractivity contribution in [3.05, 3.63) is 41.6 Å². The first-order valence-corrected chi connectivity index (χ1v) is 11.0. The zero-order valence-electron chi connectivity index (χ0n) is 18.7. The number of hydrogen-bond donors (Lipinski definition) is 1. The van der Waals surface area contributed by atoms with E-state index in [1.54, 1.807) is 24.3 Å². The topological polar surface area (TPSA) is 90.9 Å². The van der Waals surface area contributed by atoms with Gasteiger partial charge in [0.25, 0.3) is 5.79 Å². The molecule has 0 amide bonds. The molecule has 0 aliphatic carbocycles. The maximum atomic E-state index is 12.1. The van der Waals surface area contributed by atoms with E-state index < -0.39 is 17.7 Å². The number of cyclic esters (lactones) is 2. The fraction of sp³-hybridized carbons (Fsp3) is 0.542. The van der Waals surface area contributed by atoms with Gasteiger partial charge in [-0.2, -0.15) is 0 Å². The molecule has 170 valence electrons. The van der Waals surface area contributed by atoms with Gasteiger partial charge in [0.05, 0.1) is 12.2 Å². The van der Waals surface area contributed by atoms with Crippen LogP contribution in [0.4, 0.5) is 5.69 Å². The summed E-state index contributed by atoms with van der Waals surface area (Å²) < 4.78 is 15.4. The van der Waals surface area contributed by atoms with Crippen LogP contribution in [0, 0.1) is 0 Å². The van der Waals surface area contributed by atoms with E-state index in [9.17, 15) is 14.4 Å². The largest absolute Gasteiger partial charge is 0.462 e. The maximum absolute atomic E-state index is 12.1. The highest BCUT2D eigenvalue weighted by Gasteiger charge is 2.38. The zero-order valence-corrected chi connectivity index (χ0v) is 18.7. The molecule has 0 bridgehead atoms. The monoisotopic (exact) mass is 431 g/mol. The average molecular weight is 432 g/mol. The number of nitrogens with one attached hydrogen (secondary N) is 1. The van der Waals surface area contributed by atoms with Gasteiger partial charge in [0, 0.05) is 25.7 Å². The first-order valence-electron chi connectivity index (χ1n) is 11.0. The van der Waals surface area contributed by atoms with E-state index in [4.69, 9.17) is 14.2 Å². The molecule has 0 radical (unpaired) electrons. The lowest BCUT2D eigenvalue weighted by Gasteiger charge is -2.29. The van der Waals surface area contributed by atoms with Crippen molar-refractivity contribution in [3.63, 3.8) is 0 Å². The highest BCUT2D eigenvalue weighted by molar-refractivity contribution is 6.15. The normalized spacial score (nSPS) is 15.1. The minimum atomic E-state index is -1.28. The number of esters is 3. The summed E-state index contributed by atoms with van der Waals surface area (Å²) in [6.45, 7) is 5.60. The van der Waals surface area contributed by atoms with Crippen LogP contribution in [0.2, 0.25) is 0 Å². The quantitative estimate of drug-likeness (QED) is 0.213. The highest BCUT2D eigenvalue weighted by atomic mass is 16.7. The van der Waals surface area contributed by atoms with Crippen molar-refractivity contribution in [2.24, 2.45) is 0 Å². The summed E-state index contributed by atoms with van der Waals surface area (Å²) in [5.41, 5.74) is 0.807. The number of ether oxygens (including phenoxy) is 3. The van der Waals surface area contributed by atoms with Gasteiger partial charge >= 0.3 is 17.9 Å². The van der Waals surface area contributed by atoms with Crippen LogP contribution in [0.25, 0.3) is 0 Å². The summed E-state index contributed by atoms with van der Waals surface area (Å²) in [6.07, 6.45) is 10.7. The van der Waals surface area contributed by atoms with Gasteiger partial charge in [-0.3, -0.25) is 0 Å². The van der Waals surface area contributed by atoms with Gasteiger partial charge in [-0.1, -0.05) is 51.9 Å². The Bertz CT molecular complexity index is 760. The molecule has 1 heterocycles. The molecule has 0 spiro atoms. The van der Waals surface area contributed by atoms with Gasteiger partial charge in [0.1, 0.15) is 0 Å². The first-order chi connectivity index (χ1) is 14.8. The van der Waals surface area contributed by atoms with Crippen LogP contribution < -0.4 is 5.32 Å². The molecule has 31 heavy (non-hydrogen) atoms. The van der Waals surface area contributed by atoms with E-state index in [-0.39, 0.29) is 11.5 Å². The Hall–Kier alpha value is -2.83.